The van der Waals surface area contributed by atoms with Gasteiger partial charge in [0.2, 0.25) is 0 Å². The van der Waals surface area contributed by atoms with Gasteiger partial charge in [-0.15, -0.1) is 0 Å². The Kier molecular flexibility index (Phi) is 2.56. The maximum absolute atomic E-state index is 9.13. The number of aromatic nitrogens is 1. The summed E-state index contributed by atoms with van der Waals surface area (Å²) < 4.78 is 0. The topological polar surface area (TPSA) is 33.1 Å². The van der Waals surface area contributed by atoms with Gasteiger partial charge in [-0.2, -0.15) is 0 Å². The first kappa shape index (κ1) is 8.91. The molecule has 2 nitrogen and oxygen atoms in total. The van der Waals surface area contributed by atoms with Crippen molar-refractivity contribution in [2.24, 2.45) is 0 Å². The largest absolute Gasteiger partial charge is 0.392 e. The normalized spacial score (nSPS) is 10.1. The second kappa shape index (κ2) is 4.03. The number of hydrogen-bond donors (Lipinski definition) is 1. The van der Waals surface area contributed by atoms with Gasteiger partial charge in [0.1, 0.15) is 0 Å². The van der Waals surface area contributed by atoms with Crippen LogP contribution in [0.3, 0.4) is 0 Å². The molecule has 0 amide bonds. The highest BCUT2D eigenvalue weighted by Gasteiger charge is 2.03. The third kappa shape index (κ3) is 1.65. The number of aliphatic hydroxyl groups excluding tert-OH is 1. The lowest BCUT2D eigenvalue weighted by Crippen LogP contribution is -1.91. The standard InChI is InChI=1S/C12H10NO/c14-9-11-7-4-8-13-12(11)10-5-2-1-3-6-10/h1-2,4-8,14H,9H2. The van der Waals surface area contributed by atoms with Crippen molar-refractivity contribution in [3.05, 3.63) is 54.2 Å². The molecule has 2 rings (SSSR count). The Morgan fingerprint density at radius 1 is 1.29 bits per heavy atom. The summed E-state index contributed by atoms with van der Waals surface area (Å²) in [5, 5.41) is 9.13. The molecule has 14 heavy (non-hydrogen) atoms. The highest BCUT2D eigenvalue weighted by atomic mass is 16.3. The van der Waals surface area contributed by atoms with E-state index in [1.165, 1.54) is 0 Å². The van der Waals surface area contributed by atoms with Crippen LogP contribution in [-0.2, 0) is 6.61 Å². The molecule has 1 aromatic carbocycles. The zero-order valence-electron chi connectivity index (χ0n) is 7.64. The molecule has 69 valence electrons. The molecule has 0 saturated heterocycles. The van der Waals surface area contributed by atoms with Crippen LogP contribution in [0, 0.1) is 6.07 Å². The van der Waals surface area contributed by atoms with Crippen molar-refractivity contribution in [1.82, 2.24) is 4.98 Å². The minimum Gasteiger partial charge on any atom is -0.392 e. The lowest BCUT2D eigenvalue weighted by molar-refractivity contribution is 0.282. The Balaban J connectivity index is 2.51. The Bertz CT molecular complexity index is 412. The summed E-state index contributed by atoms with van der Waals surface area (Å²) in [4.78, 5) is 4.24. The summed E-state index contributed by atoms with van der Waals surface area (Å²) in [5.74, 6) is 0. The molecule has 0 bridgehead atoms. The van der Waals surface area contributed by atoms with Crippen LogP contribution < -0.4 is 0 Å². The quantitative estimate of drug-likeness (QED) is 0.774. The van der Waals surface area contributed by atoms with E-state index in [1.54, 1.807) is 6.20 Å². The summed E-state index contributed by atoms with van der Waals surface area (Å²) in [6, 6.07) is 14.2. The van der Waals surface area contributed by atoms with Gasteiger partial charge in [-0.1, -0.05) is 24.3 Å². The van der Waals surface area contributed by atoms with Crippen LogP contribution in [-0.4, -0.2) is 10.1 Å². The maximum atomic E-state index is 9.13. The van der Waals surface area contributed by atoms with Crippen molar-refractivity contribution in [2.45, 2.75) is 6.61 Å². The molecule has 0 unspecified atom stereocenters. The van der Waals surface area contributed by atoms with Crippen LogP contribution in [0.15, 0.2) is 42.6 Å². The molecule has 0 aliphatic rings. The summed E-state index contributed by atoms with van der Waals surface area (Å²) >= 11 is 0. The number of pyridine rings is 1. The predicted molar refractivity (Wildman–Crippen MR) is 54.4 cm³/mol. The Labute approximate surface area is 82.9 Å². The van der Waals surface area contributed by atoms with E-state index in [0.717, 1.165) is 16.8 Å². The number of hydrogen-bond acceptors (Lipinski definition) is 2. The third-order valence-electron chi connectivity index (χ3n) is 2.04. The summed E-state index contributed by atoms with van der Waals surface area (Å²) in [7, 11) is 0. The van der Waals surface area contributed by atoms with E-state index in [-0.39, 0.29) is 6.61 Å². The minimum atomic E-state index is 0.0120. The van der Waals surface area contributed by atoms with Gasteiger partial charge in [-0.05, 0) is 18.2 Å². The minimum absolute atomic E-state index is 0.0120. The smallest absolute Gasteiger partial charge is 0.0757 e. The zero-order chi connectivity index (χ0) is 9.80. The summed E-state index contributed by atoms with van der Waals surface area (Å²) in [5.41, 5.74) is 2.65. The number of rotatable bonds is 2. The van der Waals surface area contributed by atoms with E-state index in [4.69, 9.17) is 5.11 Å². The van der Waals surface area contributed by atoms with Gasteiger partial charge < -0.3 is 5.11 Å². The first-order valence-corrected chi connectivity index (χ1v) is 4.43. The number of aliphatic hydroxyl groups is 1. The number of benzene rings is 1. The van der Waals surface area contributed by atoms with E-state index >= 15 is 0 Å². The van der Waals surface area contributed by atoms with Crippen molar-refractivity contribution < 1.29 is 5.11 Å². The molecule has 0 spiro atoms. The van der Waals surface area contributed by atoms with Gasteiger partial charge >= 0.3 is 0 Å². The van der Waals surface area contributed by atoms with E-state index in [2.05, 4.69) is 11.1 Å². The van der Waals surface area contributed by atoms with Gasteiger partial charge in [-0.25, -0.2) is 0 Å². The zero-order valence-corrected chi connectivity index (χ0v) is 7.64. The van der Waals surface area contributed by atoms with Gasteiger partial charge in [0, 0.05) is 17.3 Å². The molecule has 0 saturated carbocycles. The molecule has 0 fully saturated rings. The van der Waals surface area contributed by atoms with Gasteiger partial charge in [0.15, 0.2) is 0 Å². The fraction of sp³-hybridized carbons (Fsp3) is 0.0833. The van der Waals surface area contributed by atoms with Crippen LogP contribution in [0.2, 0.25) is 0 Å². The second-order valence-electron chi connectivity index (χ2n) is 2.96. The van der Waals surface area contributed by atoms with Crippen molar-refractivity contribution in [1.29, 1.82) is 0 Å². The highest BCUT2D eigenvalue weighted by molar-refractivity contribution is 5.62. The van der Waals surface area contributed by atoms with Crippen molar-refractivity contribution in [3.63, 3.8) is 0 Å². The predicted octanol–water partition coefficient (Wildman–Crippen LogP) is 2.04. The molecule has 1 radical (unpaired) electrons. The average Bonchev–Trinajstić information content (AvgIpc) is 2.30. The molecular weight excluding hydrogens is 174 g/mol. The lowest BCUT2D eigenvalue weighted by Gasteiger charge is -2.04. The molecular formula is C12H10NO. The van der Waals surface area contributed by atoms with Crippen molar-refractivity contribution >= 4 is 0 Å². The SMILES string of the molecule is OCc1cccnc1-c1c[c]ccc1. The van der Waals surface area contributed by atoms with E-state index in [0.29, 0.717) is 0 Å². The monoisotopic (exact) mass is 184 g/mol. The van der Waals surface area contributed by atoms with Gasteiger partial charge in [0.25, 0.3) is 0 Å². The van der Waals surface area contributed by atoms with Crippen LogP contribution in [0.5, 0.6) is 0 Å². The van der Waals surface area contributed by atoms with Gasteiger partial charge in [0.05, 0.1) is 12.3 Å². The van der Waals surface area contributed by atoms with E-state index < -0.39 is 0 Å². The fourth-order valence-electron chi connectivity index (χ4n) is 1.37. The maximum Gasteiger partial charge on any atom is 0.0757 e. The molecule has 0 atom stereocenters. The number of nitrogens with zero attached hydrogens (tertiary/aromatic N) is 1. The molecule has 1 aromatic heterocycles. The van der Waals surface area contributed by atoms with E-state index in [9.17, 15) is 0 Å². The van der Waals surface area contributed by atoms with E-state index in [1.807, 2.05) is 36.4 Å². The molecule has 0 aliphatic heterocycles. The Morgan fingerprint density at radius 2 is 2.21 bits per heavy atom. The summed E-state index contributed by atoms with van der Waals surface area (Å²) in [6.07, 6.45) is 1.72. The molecule has 2 heteroatoms. The first-order valence-electron chi connectivity index (χ1n) is 4.43. The molecule has 0 aliphatic carbocycles. The third-order valence-corrected chi connectivity index (χ3v) is 2.04. The highest BCUT2D eigenvalue weighted by Crippen LogP contribution is 2.19. The Morgan fingerprint density at radius 3 is 2.93 bits per heavy atom. The second-order valence-corrected chi connectivity index (χ2v) is 2.96. The fourth-order valence-corrected chi connectivity index (χ4v) is 1.37. The van der Waals surface area contributed by atoms with Crippen LogP contribution in [0.4, 0.5) is 0 Å². The lowest BCUT2D eigenvalue weighted by atomic mass is 10.1. The van der Waals surface area contributed by atoms with Gasteiger partial charge in [-0.3, -0.25) is 4.98 Å². The first-order chi connectivity index (χ1) is 6.92. The molecule has 1 heterocycles. The van der Waals surface area contributed by atoms with Crippen molar-refractivity contribution in [2.75, 3.05) is 0 Å². The Hall–Kier alpha value is -1.67. The average molecular weight is 184 g/mol. The molecule has 2 aromatic rings. The summed E-state index contributed by atoms with van der Waals surface area (Å²) in [6.45, 7) is 0.0120. The van der Waals surface area contributed by atoms with Crippen LogP contribution in [0.1, 0.15) is 5.56 Å². The van der Waals surface area contributed by atoms with Crippen LogP contribution in [0.25, 0.3) is 11.3 Å². The van der Waals surface area contributed by atoms with Crippen molar-refractivity contribution in [3.8, 4) is 11.3 Å². The molecule has 1 N–H and O–H groups in total. The van der Waals surface area contributed by atoms with Crippen LogP contribution >= 0.6 is 0 Å².